The van der Waals surface area contributed by atoms with Gasteiger partial charge in [-0.15, -0.1) is 11.1 Å². The summed E-state index contributed by atoms with van der Waals surface area (Å²) in [6, 6.07) is 46.0. The first-order valence-electron chi connectivity index (χ1n) is 20.5. The summed E-state index contributed by atoms with van der Waals surface area (Å²) in [5, 5.41) is 22.4. The Morgan fingerprint density at radius 2 is 0.781 bits per heavy atom. The van der Waals surface area contributed by atoms with Crippen molar-refractivity contribution in [3.8, 4) is 56.8 Å². The Hall–Kier alpha value is -5.15. The summed E-state index contributed by atoms with van der Waals surface area (Å²) in [5.41, 5.74) is 13.6. The molecule has 0 N–H and O–H groups in total. The minimum Gasteiger partial charge on any atom is -0.867 e. The van der Waals surface area contributed by atoms with Crippen LogP contribution in [-0.2, 0) is 65.2 Å². The molecule has 0 aromatic heterocycles. The van der Waals surface area contributed by atoms with Crippen molar-refractivity contribution in [2.24, 2.45) is 11.8 Å². The van der Waals surface area contributed by atoms with Crippen molar-refractivity contribution in [3.63, 3.8) is 0 Å². The number of benzene rings is 6. The van der Waals surface area contributed by atoms with Crippen LogP contribution in [-0.4, -0.2) is 28.4 Å². The Labute approximate surface area is 419 Å². The van der Waals surface area contributed by atoms with E-state index in [9.17, 15) is 10.2 Å². The third-order valence-corrected chi connectivity index (χ3v) is 10.2. The van der Waals surface area contributed by atoms with Gasteiger partial charge in [-0.1, -0.05) is 122 Å². The van der Waals surface area contributed by atoms with Gasteiger partial charge in [0.05, 0.1) is 28.4 Å². The van der Waals surface area contributed by atoms with Gasteiger partial charge in [0.1, 0.15) is 23.0 Å². The Morgan fingerprint density at radius 3 is 1.06 bits per heavy atom. The standard InChI is InChI=1S/2C13H9.2C8H10O3.2C7H9.2Zr/c2*1-3-7-12-10(5-1)9-11-6-2-4-8-13(11)12;2*1-10-6-4-3-5-7(11-2)8(6)9;2*1-6-3-4-7(2)5-6;;/h2*1-5,7-8H,9H2;2*3-5,9H,1-2H3;2*3-4,6H,1-2H3;;/q2*-1;;;2*-1;2*+2/p-2. The van der Waals surface area contributed by atoms with Crippen molar-refractivity contribution >= 4 is 0 Å². The van der Waals surface area contributed by atoms with Crippen molar-refractivity contribution < 1.29 is 81.6 Å². The van der Waals surface area contributed by atoms with E-state index in [4.69, 9.17) is 18.9 Å². The third-order valence-electron chi connectivity index (χ3n) is 10.2. The molecule has 324 valence electrons. The van der Waals surface area contributed by atoms with E-state index >= 15 is 0 Å². The molecule has 0 bridgehead atoms. The van der Waals surface area contributed by atoms with Crippen molar-refractivity contribution in [3.05, 3.63) is 203 Å². The van der Waals surface area contributed by atoms with Crippen LogP contribution in [0.2, 0.25) is 0 Å². The molecule has 6 aromatic carbocycles. The zero-order chi connectivity index (χ0) is 44.4. The molecule has 10 rings (SSSR count). The summed E-state index contributed by atoms with van der Waals surface area (Å²) in [5.74, 6) is 1.93. The number of hydrogen-bond donors (Lipinski definition) is 0. The minimum atomic E-state index is -0.211. The van der Waals surface area contributed by atoms with E-state index < -0.39 is 0 Å². The second-order valence-corrected chi connectivity index (χ2v) is 14.7. The molecule has 6 aromatic rings. The van der Waals surface area contributed by atoms with Crippen molar-refractivity contribution in [2.75, 3.05) is 28.4 Å². The van der Waals surface area contributed by atoms with Crippen LogP contribution < -0.4 is 29.2 Å². The molecule has 2 atom stereocenters. The van der Waals surface area contributed by atoms with Crippen LogP contribution in [0.4, 0.5) is 0 Å². The topological polar surface area (TPSA) is 83.0 Å². The van der Waals surface area contributed by atoms with Crippen LogP contribution in [0.1, 0.15) is 49.9 Å². The fraction of sp³-hybridized carbons (Fsp3) is 0.214. The Morgan fingerprint density at radius 1 is 0.453 bits per heavy atom. The summed E-state index contributed by atoms with van der Waals surface area (Å²) < 4.78 is 19.2. The van der Waals surface area contributed by atoms with Crippen LogP contribution in [0.3, 0.4) is 0 Å². The number of hydrogen-bond acceptors (Lipinski definition) is 6. The molecule has 0 amide bonds. The molecule has 0 heterocycles. The number of para-hydroxylation sites is 2. The van der Waals surface area contributed by atoms with E-state index in [1.807, 2.05) is 12.1 Å². The summed E-state index contributed by atoms with van der Waals surface area (Å²) >= 11 is 0. The smallest absolute Gasteiger partial charge is 0.867 e. The van der Waals surface area contributed by atoms with E-state index in [2.05, 4.69) is 149 Å². The van der Waals surface area contributed by atoms with E-state index in [0.717, 1.165) is 12.8 Å². The normalized spacial score (nSPS) is 14.4. The zero-order valence-corrected chi connectivity index (χ0v) is 42.8. The van der Waals surface area contributed by atoms with Gasteiger partial charge in [-0.2, -0.15) is 71.8 Å². The van der Waals surface area contributed by atoms with Crippen LogP contribution in [0.25, 0.3) is 22.3 Å². The third kappa shape index (κ3) is 15.0. The monoisotopic (exact) mass is 1000 g/mol. The second kappa shape index (κ2) is 27.2. The fourth-order valence-corrected chi connectivity index (χ4v) is 7.12. The van der Waals surface area contributed by atoms with Gasteiger partial charge in [-0.05, 0) is 48.6 Å². The van der Waals surface area contributed by atoms with Gasteiger partial charge < -0.3 is 29.2 Å². The largest absolute Gasteiger partial charge is 2.00 e. The van der Waals surface area contributed by atoms with Gasteiger partial charge in [-0.3, -0.25) is 12.2 Å². The van der Waals surface area contributed by atoms with Gasteiger partial charge in [0.2, 0.25) is 0 Å². The van der Waals surface area contributed by atoms with Crippen LogP contribution in [0, 0.1) is 36.1 Å². The predicted octanol–water partition coefficient (Wildman–Crippen LogP) is 11.5. The average molecular weight is 1010 g/mol. The molecule has 0 spiro atoms. The summed E-state index contributed by atoms with van der Waals surface area (Å²) in [6.07, 6.45) is 17.0. The summed E-state index contributed by atoms with van der Waals surface area (Å²) in [4.78, 5) is 0. The van der Waals surface area contributed by atoms with Gasteiger partial charge in [0.15, 0.2) is 0 Å². The molecule has 6 nitrogen and oxygen atoms in total. The Kier molecular flexibility index (Phi) is 22.6. The van der Waals surface area contributed by atoms with Gasteiger partial charge in [0.25, 0.3) is 0 Å². The molecular weight excluding hydrogens is 951 g/mol. The molecular formula is C56H54O6Zr2-2. The maximum Gasteiger partial charge on any atom is 2.00 e. The summed E-state index contributed by atoms with van der Waals surface area (Å²) in [6.45, 7) is 8.40. The molecule has 2 unspecified atom stereocenters. The van der Waals surface area contributed by atoms with Crippen LogP contribution >= 0.6 is 0 Å². The first kappa shape index (κ1) is 53.2. The fourth-order valence-electron chi connectivity index (χ4n) is 7.12. The molecule has 0 saturated carbocycles. The van der Waals surface area contributed by atoms with E-state index in [1.165, 1.54) is 84.1 Å². The molecule has 0 aliphatic heterocycles. The maximum atomic E-state index is 11.2. The second-order valence-electron chi connectivity index (χ2n) is 14.7. The summed E-state index contributed by atoms with van der Waals surface area (Å²) in [7, 11) is 5.82. The SMILES string of the molecule is CC1=[C-]C(C)C=C1.CC1=[C-]C(C)C=C1.COc1cccc(OC)c1[O-].COc1cccc(OC)c1[O-].[Zr+2].[Zr+2].[c-]1cccc2c1Cc1ccccc1-2.[c-]1cccc2c1Cc1ccccc1-2. The molecule has 64 heavy (non-hydrogen) atoms. The van der Waals surface area contributed by atoms with Crippen molar-refractivity contribution in [1.29, 1.82) is 0 Å². The van der Waals surface area contributed by atoms with Gasteiger partial charge in [0, 0.05) is 0 Å². The van der Waals surface area contributed by atoms with E-state index in [1.54, 1.807) is 36.4 Å². The first-order chi connectivity index (χ1) is 30.1. The van der Waals surface area contributed by atoms with Crippen molar-refractivity contribution in [2.45, 2.75) is 40.5 Å². The predicted molar refractivity (Wildman–Crippen MR) is 246 cm³/mol. The number of rotatable bonds is 4. The minimum absolute atomic E-state index is 0. The molecule has 4 aliphatic carbocycles. The Bertz CT molecular complexity index is 2210. The van der Waals surface area contributed by atoms with Gasteiger partial charge in [-0.25, -0.2) is 23.3 Å². The van der Waals surface area contributed by atoms with Crippen LogP contribution in [0.5, 0.6) is 34.5 Å². The number of ether oxygens (including phenoxy) is 4. The zero-order valence-electron chi connectivity index (χ0n) is 37.9. The number of fused-ring (bicyclic) bond motifs is 6. The van der Waals surface area contributed by atoms with Crippen molar-refractivity contribution in [1.82, 2.24) is 0 Å². The number of methoxy groups -OCH3 is 4. The first-order valence-corrected chi connectivity index (χ1v) is 20.5. The molecule has 4 aliphatic rings. The van der Waals surface area contributed by atoms with Crippen LogP contribution in [0.15, 0.2) is 157 Å². The average Bonchev–Trinajstić information content (AvgIpc) is 4.09. The molecule has 0 radical (unpaired) electrons. The Balaban J connectivity index is 0.000000206. The quantitative estimate of drug-likeness (QED) is 0.163. The molecule has 8 heteroatoms. The molecule has 0 saturated heterocycles. The molecule has 0 fully saturated rings. The maximum absolute atomic E-state index is 11.2. The number of allylic oxidation sites excluding steroid dienone is 8. The van der Waals surface area contributed by atoms with E-state index in [-0.39, 0.29) is 63.9 Å². The van der Waals surface area contributed by atoms with Gasteiger partial charge >= 0.3 is 52.4 Å². The van der Waals surface area contributed by atoms with E-state index in [0.29, 0.717) is 34.8 Å².